The number of amides is 1. The summed E-state index contributed by atoms with van der Waals surface area (Å²) in [5.41, 5.74) is -0.196. The predicted octanol–water partition coefficient (Wildman–Crippen LogP) is 0.921. The van der Waals surface area contributed by atoms with Crippen molar-refractivity contribution in [3.8, 4) is 5.75 Å². The van der Waals surface area contributed by atoms with Gasteiger partial charge >= 0.3 is 0 Å². The number of aromatic hydroxyl groups is 1. The molecule has 20 heavy (non-hydrogen) atoms. The zero-order valence-electron chi connectivity index (χ0n) is 12.0. The van der Waals surface area contributed by atoms with E-state index in [1.165, 1.54) is 6.07 Å². The number of hydrogen-bond acceptors (Lipinski definition) is 4. The summed E-state index contributed by atoms with van der Waals surface area (Å²) in [7, 11) is 0. The van der Waals surface area contributed by atoms with Gasteiger partial charge in [0.15, 0.2) is 0 Å². The van der Waals surface area contributed by atoms with Gasteiger partial charge in [-0.3, -0.25) is 9.69 Å². The van der Waals surface area contributed by atoms with E-state index in [1.54, 1.807) is 36.9 Å². The minimum atomic E-state index is -0.711. The Morgan fingerprint density at radius 3 is 2.45 bits per heavy atom. The standard InChI is InChI=1S/C15H22N2O3/c1-15(2,20)11-16-6-8-17(9-7-16)14(19)12-4-3-5-13(18)10-12/h3-5,10,18,20H,6-9,11H2,1-2H3. The van der Waals surface area contributed by atoms with Gasteiger partial charge in [-0.1, -0.05) is 6.07 Å². The lowest BCUT2D eigenvalue weighted by Gasteiger charge is -2.37. The fraction of sp³-hybridized carbons (Fsp3) is 0.533. The van der Waals surface area contributed by atoms with Gasteiger partial charge in [0.1, 0.15) is 5.75 Å². The highest BCUT2D eigenvalue weighted by atomic mass is 16.3. The fourth-order valence-electron chi connectivity index (χ4n) is 2.48. The molecule has 1 saturated heterocycles. The largest absolute Gasteiger partial charge is 0.508 e. The average Bonchev–Trinajstić information content (AvgIpc) is 2.37. The molecule has 0 aliphatic carbocycles. The molecule has 0 radical (unpaired) electrons. The first-order valence-corrected chi connectivity index (χ1v) is 6.88. The number of phenols is 1. The van der Waals surface area contributed by atoms with Crippen LogP contribution in [0, 0.1) is 0 Å². The van der Waals surface area contributed by atoms with Crippen molar-refractivity contribution >= 4 is 5.91 Å². The lowest BCUT2D eigenvalue weighted by molar-refractivity contribution is 0.0178. The van der Waals surface area contributed by atoms with Crippen LogP contribution in [0.1, 0.15) is 24.2 Å². The van der Waals surface area contributed by atoms with Gasteiger partial charge < -0.3 is 15.1 Å². The molecule has 1 aromatic carbocycles. The van der Waals surface area contributed by atoms with Crippen molar-refractivity contribution in [2.45, 2.75) is 19.4 Å². The van der Waals surface area contributed by atoms with Crippen LogP contribution in [0.4, 0.5) is 0 Å². The third-order valence-electron chi connectivity index (χ3n) is 3.36. The molecule has 5 heteroatoms. The van der Waals surface area contributed by atoms with Crippen LogP contribution in [0.5, 0.6) is 5.75 Å². The van der Waals surface area contributed by atoms with Crippen LogP contribution in [0.25, 0.3) is 0 Å². The molecule has 1 aromatic rings. The summed E-state index contributed by atoms with van der Waals surface area (Å²) in [5.74, 6) is 0.0559. The second-order valence-corrected chi connectivity index (χ2v) is 5.93. The van der Waals surface area contributed by atoms with E-state index >= 15 is 0 Å². The Morgan fingerprint density at radius 2 is 1.90 bits per heavy atom. The summed E-state index contributed by atoms with van der Waals surface area (Å²) < 4.78 is 0. The summed E-state index contributed by atoms with van der Waals surface area (Å²) in [6.07, 6.45) is 0. The van der Waals surface area contributed by atoms with Gasteiger partial charge in [-0.05, 0) is 32.0 Å². The van der Waals surface area contributed by atoms with Gasteiger partial charge in [0.05, 0.1) is 5.60 Å². The number of carbonyl (C=O) groups excluding carboxylic acids is 1. The van der Waals surface area contributed by atoms with E-state index in [2.05, 4.69) is 4.90 Å². The third-order valence-corrected chi connectivity index (χ3v) is 3.36. The van der Waals surface area contributed by atoms with Crippen LogP contribution in [-0.4, -0.2) is 64.2 Å². The normalized spacial score (nSPS) is 17.2. The van der Waals surface area contributed by atoms with E-state index in [4.69, 9.17) is 0 Å². The van der Waals surface area contributed by atoms with Gasteiger partial charge in [0.25, 0.3) is 5.91 Å². The van der Waals surface area contributed by atoms with Crippen LogP contribution in [-0.2, 0) is 0 Å². The number of phenolic OH excluding ortho intramolecular Hbond substituents is 1. The fourth-order valence-corrected chi connectivity index (χ4v) is 2.48. The van der Waals surface area contributed by atoms with Crippen LogP contribution in [0.15, 0.2) is 24.3 Å². The van der Waals surface area contributed by atoms with E-state index in [-0.39, 0.29) is 11.7 Å². The SMILES string of the molecule is CC(C)(O)CN1CCN(C(=O)c2cccc(O)c2)CC1. The molecule has 110 valence electrons. The molecule has 0 aromatic heterocycles. The minimum absolute atomic E-state index is 0.0520. The first-order valence-electron chi connectivity index (χ1n) is 6.88. The zero-order valence-corrected chi connectivity index (χ0v) is 12.0. The Labute approximate surface area is 119 Å². The predicted molar refractivity (Wildman–Crippen MR) is 76.7 cm³/mol. The summed E-state index contributed by atoms with van der Waals surface area (Å²) in [5, 5.41) is 19.2. The third kappa shape index (κ3) is 3.95. The Kier molecular flexibility index (Phi) is 4.30. The van der Waals surface area contributed by atoms with Crippen molar-refractivity contribution in [1.29, 1.82) is 0 Å². The highest BCUT2D eigenvalue weighted by Crippen LogP contribution is 2.15. The molecular formula is C15H22N2O3. The smallest absolute Gasteiger partial charge is 0.254 e. The number of piperazine rings is 1. The van der Waals surface area contributed by atoms with Crippen molar-refractivity contribution in [3.05, 3.63) is 29.8 Å². The van der Waals surface area contributed by atoms with E-state index < -0.39 is 5.60 Å². The Morgan fingerprint density at radius 1 is 1.25 bits per heavy atom. The molecule has 0 bridgehead atoms. The minimum Gasteiger partial charge on any atom is -0.508 e. The molecule has 1 aliphatic heterocycles. The maximum atomic E-state index is 12.3. The molecule has 1 heterocycles. The second-order valence-electron chi connectivity index (χ2n) is 5.93. The Balaban J connectivity index is 1.92. The summed E-state index contributed by atoms with van der Waals surface area (Å²) in [6, 6.07) is 6.43. The topological polar surface area (TPSA) is 64.0 Å². The van der Waals surface area contributed by atoms with E-state index in [0.29, 0.717) is 25.2 Å². The zero-order chi connectivity index (χ0) is 14.8. The summed E-state index contributed by atoms with van der Waals surface area (Å²) in [4.78, 5) is 16.2. The molecule has 2 N–H and O–H groups in total. The molecule has 0 saturated carbocycles. The number of hydrogen-bond donors (Lipinski definition) is 2. The van der Waals surface area contributed by atoms with Crippen LogP contribution in [0.2, 0.25) is 0 Å². The van der Waals surface area contributed by atoms with Crippen LogP contribution in [0.3, 0.4) is 0 Å². The van der Waals surface area contributed by atoms with Gasteiger partial charge in [-0.15, -0.1) is 0 Å². The highest BCUT2D eigenvalue weighted by molar-refractivity contribution is 5.94. The van der Waals surface area contributed by atoms with Crippen LogP contribution >= 0.6 is 0 Å². The van der Waals surface area contributed by atoms with Crippen molar-refractivity contribution in [1.82, 2.24) is 9.80 Å². The Hall–Kier alpha value is -1.59. The van der Waals surface area contributed by atoms with E-state index in [9.17, 15) is 15.0 Å². The maximum absolute atomic E-state index is 12.3. The van der Waals surface area contributed by atoms with Gasteiger partial charge in [0.2, 0.25) is 0 Å². The number of carbonyl (C=O) groups is 1. The summed E-state index contributed by atoms with van der Waals surface area (Å²) >= 11 is 0. The van der Waals surface area contributed by atoms with Crippen molar-refractivity contribution < 1.29 is 15.0 Å². The number of rotatable bonds is 3. The molecule has 5 nitrogen and oxygen atoms in total. The molecule has 1 amide bonds. The number of nitrogens with zero attached hydrogens (tertiary/aromatic N) is 2. The van der Waals surface area contributed by atoms with Crippen molar-refractivity contribution in [2.24, 2.45) is 0 Å². The van der Waals surface area contributed by atoms with Gasteiger partial charge in [0, 0.05) is 38.3 Å². The first kappa shape index (κ1) is 14.8. The molecule has 0 atom stereocenters. The van der Waals surface area contributed by atoms with Crippen molar-refractivity contribution in [3.63, 3.8) is 0 Å². The number of benzene rings is 1. The molecule has 1 fully saturated rings. The highest BCUT2D eigenvalue weighted by Gasteiger charge is 2.25. The molecule has 0 spiro atoms. The molecule has 1 aliphatic rings. The lowest BCUT2D eigenvalue weighted by atomic mass is 10.1. The van der Waals surface area contributed by atoms with Gasteiger partial charge in [-0.2, -0.15) is 0 Å². The molecular weight excluding hydrogens is 256 g/mol. The average molecular weight is 278 g/mol. The quantitative estimate of drug-likeness (QED) is 0.863. The first-order chi connectivity index (χ1) is 9.35. The maximum Gasteiger partial charge on any atom is 0.254 e. The number of aliphatic hydroxyl groups is 1. The summed E-state index contributed by atoms with van der Waals surface area (Å²) in [6.45, 7) is 6.99. The van der Waals surface area contributed by atoms with Crippen LogP contribution < -0.4 is 0 Å². The van der Waals surface area contributed by atoms with E-state index in [0.717, 1.165) is 13.1 Å². The molecule has 0 unspecified atom stereocenters. The lowest BCUT2D eigenvalue weighted by Crippen LogP contribution is -2.51. The van der Waals surface area contributed by atoms with E-state index in [1.807, 2.05) is 0 Å². The van der Waals surface area contributed by atoms with Crippen molar-refractivity contribution in [2.75, 3.05) is 32.7 Å². The van der Waals surface area contributed by atoms with Gasteiger partial charge in [-0.25, -0.2) is 0 Å². The second kappa shape index (κ2) is 5.81. The monoisotopic (exact) mass is 278 g/mol. The Bertz CT molecular complexity index is 474. The molecule has 2 rings (SSSR count). The number of β-amino-alcohol motifs (C(OH)–C–C–N with tert-alkyl or cyclic N) is 1.